The fourth-order valence-electron chi connectivity index (χ4n) is 4.59. The zero-order valence-corrected chi connectivity index (χ0v) is 9.80. The van der Waals surface area contributed by atoms with Crippen molar-refractivity contribution in [2.24, 2.45) is 16.7 Å². The highest BCUT2D eigenvalue weighted by Crippen LogP contribution is 2.80. The van der Waals surface area contributed by atoms with Gasteiger partial charge < -0.3 is 0 Å². The van der Waals surface area contributed by atoms with E-state index in [9.17, 15) is 8.42 Å². The minimum absolute atomic E-state index is 0.116. The molecule has 2 saturated carbocycles. The molecule has 5 heteroatoms. The highest BCUT2D eigenvalue weighted by Gasteiger charge is 2.88. The summed E-state index contributed by atoms with van der Waals surface area (Å²) in [6.07, 6.45) is 3.10. The van der Waals surface area contributed by atoms with Crippen molar-refractivity contribution in [1.29, 1.82) is 0 Å². The summed E-state index contributed by atoms with van der Waals surface area (Å²) in [6.45, 7) is 4.44. The Morgan fingerprint density at radius 1 is 1.40 bits per heavy atom. The number of rotatable bonds is 0. The van der Waals surface area contributed by atoms with Gasteiger partial charge in [0.05, 0.1) is 5.75 Å². The monoisotopic (exact) mass is 229 g/mol. The first kappa shape index (κ1) is 8.96. The van der Waals surface area contributed by atoms with Crippen LogP contribution in [0.3, 0.4) is 0 Å². The van der Waals surface area contributed by atoms with E-state index in [0.29, 0.717) is 11.7 Å². The van der Waals surface area contributed by atoms with Gasteiger partial charge in [-0.05, 0) is 35.1 Å². The Kier molecular flexibility index (Phi) is 1.13. The van der Waals surface area contributed by atoms with Crippen LogP contribution in [0.5, 0.6) is 0 Å². The summed E-state index contributed by atoms with van der Waals surface area (Å²) in [6, 6.07) is 0. The van der Waals surface area contributed by atoms with Crippen LogP contribution in [0.1, 0.15) is 33.1 Å². The number of sulfonamides is 1. The first-order valence-electron chi connectivity index (χ1n) is 5.58. The van der Waals surface area contributed by atoms with Gasteiger partial charge in [0.15, 0.2) is 5.72 Å². The van der Waals surface area contributed by atoms with Crippen LogP contribution in [0.15, 0.2) is 0 Å². The van der Waals surface area contributed by atoms with Gasteiger partial charge in [-0.3, -0.25) is 4.84 Å². The number of hydrogen-bond donors (Lipinski definition) is 0. The van der Waals surface area contributed by atoms with E-state index in [1.54, 1.807) is 0 Å². The molecule has 0 N–H and O–H groups in total. The molecule has 0 aromatic carbocycles. The molecule has 2 aliphatic heterocycles. The Morgan fingerprint density at radius 2 is 2.13 bits per heavy atom. The fourth-order valence-corrected chi connectivity index (χ4v) is 7.01. The van der Waals surface area contributed by atoms with Crippen molar-refractivity contribution < 1.29 is 13.3 Å². The van der Waals surface area contributed by atoms with Crippen molar-refractivity contribution in [1.82, 2.24) is 4.47 Å². The third-order valence-corrected chi connectivity index (χ3v) is 7.35. The Bertz CT molecular complexity index is 471. The molecule has 2 spiro atoms. The number of nitrogens with zero attached hydrogens (tertiary/aromatic N) is 1. The molecule has 0 aromatic rings. The van der Waals surface area contributed by atoms with Gasteiger partial charge in [0.1, 0.15) is 0 Å². The predicted molar refractivity (Wildman–Crippen MR) is 53.0 cm³/mol. The van der Waals surface area contributed by atoms with Crippen molar-refractivity contribution in [3.8, 4) is 0 Å². The summed E-state index contributed by atoms with van der Waals surface area (Å²) >= 11 is 0. The first-order valence-corrected chi connectivity index (χ1v) is 7.19. The zero-order chi connectivity index (χ0) is 10.7. The molecule has 0 amide bonds. The summed E-state index contributed by atoms with van der Waals surface area (Å²) in [7, 11) is -3.12. The van der Waals surface area contributed by atoms with Crippen molar-refractivity contribution in [3.63, 3.8) is 0 Å². The Labute approximate surface area is 89.6 Å². The van der Waals surface area contributed by atoms with Gasteiger partial charge >= 0.3 is 0 Å². The Morgan fingerprint density at radius 3 is 2.67 bits per heavy atom. The zero-order valence-electron chi connectivity index (χ0n) is 8.99. The summed E-state index contributed by atoms with van der Waals surface area (Å²) in [5.41, 5.74) is -0.424. The molecule has 84 valence electrons. The standard InChI is InChI=1S/C10H15NO3S/c1-8(2)7-3-4-9(8)6-15(12,13)11-10(9,5-7)14-11/h7H,3-6H2,1-2H3/t7?,9-,10?,11?/m0/s1. The number of fused-ring (bicyclic) bond motifs is 1. The molecular weight excluding hydrogens is 214 g/mol. The van der Waals surface area contributed by atoms with Crippen molar-refractivity contribution in [3.05, 3.63) is 0 Å². The first-order chi connectivity index (χ1) is 6.86. The predicted octanol–water partition coefficient (Wildman–Crippen LogP) is 1.10. The van der Waals surface area contributed by atoms with E-state index in [1.807, 2.05) is 0 Å². The molecule has 2 heterocycles. The largest absolute Gasteiger partial charge is 0.255 e. The molecule has 4 fully saturated rings. The lowest BCUT2D eigenvalue weighted by Crippen LogP contribution is -2.41. The lowest BCUT2D eigenvalue weighted by molar-refractivity contribution is 0.0724. The average Bonchev–Trinajstić information content (AvgIpc) is 2.70. The molecule has 2 aliphatic carbocycles. The normalized spacial score (nSPS) is 61.5. The molecule has 3 unspecified atom stereocenters. The van der Waals surface area contributed by atoms with E-state index in [1.165, 1.54) is 10.9 Å². The van der Waals surface area contributed by atoms with E-state index in [4.69, 9.17) is 4.84 Å². The maximum Gasteiger partial charge on any atom is 0.239 e. The maximum absolute atomic E-state index is 11.9. The van der Waals surface area contributed by atoms with Crippen molar-refractivity contribution >= 4 is 10.0 Å². The van der Waals surface area contributed by atoms with E-state index < -0.39 is 15.7 Å². The Hall–Kier alpha value is -0.130. The molecule has 2 bridgehead atoms. The second-order valence-electron chi connectivity index (χ2n) is 6.10. The third-order valence-electron chi connectivity index (χ3n) is 5.62. The van der Waals surface area contributed by atoms with E-state index in [2.05, 4.69) is 13.8 Å². The molecule has 2 saturated heterocycles. The van der Waals surface area contributed by atoms with Crippen LogP contribution in [0.4, 0.5) is 0 Å². The van der Waals surface area contributed by atoms with E-state index in [-0.39, 0.29) is 10.8 Å². The number of hydrogen-bond acceptors (Lipinski definition) is 3. The second-order valence-corrected chi connectivity index (χ2v) is 7.89. The summed E-state index contributed by atoms with van der Waals surface area (Å²) in [5.74, 6) is 0.946. The summed E-state index contributed by atoms with van der Waals surface area (Å²) in [5, 5.41) is 0. The molecular formula is C10H15NO3S. The molecule has 4 nitrogen and oxygen atoms in total. The van der Waals surface area contributed by atoms with Crippen molar-refractivity contribution in [2.75, 3.05) is 5.75 Å². The van der Waals surface area contributed by atoms with E-state index in [0.717, 1.165) is 12.8 Å². The van der Waals surface area contributed by atoms with Gasteiger partial charge in [-0.1, -0.05) is 13.8 Å². The third kappa shape index (κ3) is 0.626. The van der Waals surface area contributed by atoms with Crippen LogP contribution in [-0.2, 0) is 14.9 Å². The second kappa shape index (κ2) is 1.89. The quantitative estimate of drug-likeness (QED) is 0.584. The smallest absolute Gasteiger partial charge is 0.239 e. The minimum Gasteiger partial charge on any atom is -0.255 e. The van der Waals surface area contributed by atoms with Gasteiger partial charge in [0.2, 0.25) is 10.0 Å². The van der Waals surface area contributed by atoms with Gasteiger partial charge in [0.25, 0.3) is 0 Å². The van der Waals surface area contributed by atoms with Crippen LogP contribution in [0, 0.1) is 16.7 Å². The fraction of sp³-hybridized carbons (Fsp3) is 1.00. The van der Waals surface area contributed by atoms with Gasteiger partial charge in [-0.2, -0.15) is 0 Å². The highest BCUT2D eigenvalue weighted by molar-refractivity contribution is 7.89. The molecule has 0 aromatic heterocycles. The number of hydroxylamine groups is 1. The summed E-state index contributed by atoms with van der Waals surface area (Å²) < 4.78 is 25.1. The molecule has 0 radical (unpaired) electrons. The lowest BCUT2D eigenvalue weighted by atomic mass is 9.68. The van der Waals surface area contributed by atoms with Gasteiger partial charge in [-0.15, -0.1) is 0 Å². The molecule has 4 atom stereocenters. The average molecular weight is 229 g/mol. The molecule has 4 rings (SSSR count). The van der Waals surface area contributed by atoms with Crippen LogP contribution in [-0.4, -0.2) is 24.4 Å². The molecule has 15 heavy (non-hydrogen) atoms. The topological polar surface area (TPSA) is 49.7 Å². The van der Waals surface area contributed by atoms with Crippen LogP contribution in [0.25, 0.3) is 0 Å². The lowest BCUT2D eigenvalue weighted by Gasteiger charge is -2.36. The summed E-state index contributed by atoms with van der Waals surface area (Å²) in [4.78, 5) is 5.49. The SMILES string of the molecule is CC1(C)C2CC[C@]13CS(=O)(=O)N1OC13C2. The van der Waals surface area contributed by atoms with Gasteiger partial charge in [0, 0.05) is 5.41 Å². The van der Waals surface area contributed by atoms with Crippen molar-refractivity contribution in [2.45, 2.75) is 38.8 Å². The molecule has 4 aliphatic rings. The van der Waals surface area contributed by atoms with Crippen LogP contribution < -0.4 is 0 Å². The maximum atomic E-state index is 11.9. The minimum atomic E-state index is -3.12. The van der Waals surface area contributed by atoms with Gasteiger partial charge in [-0.25, -0.2) is 8.42 Å². The Balaban J connectivity index is 1.99. The highest BCUT2D eigenvalue weighted by atomic mass is 32.2. The van der Waals surface area contributed by atoms with E-state index >= 15 is 0 Å². The van der Waals surface area contributed by atoms with Crippen LogP contribution >= 0.6 is 0 Å². The van der Waals surface area contributed by atoms with Crippen LogP contribution in [0.2, 0.25) is 0 Å².